The lowest BCUT2D eigenvalue weighted by Gasteiger charge is -2.09. The van der Waals surface area contributed by atoms with Gasteiger partial charge in [0.1, 0.15) is 19.0 Å². The molecule has 0 atom stereocenters. The van der Waals surface area contributed by atoms with Crippen molar-refractivity contribution < 1.29 is 52.2 Å². The molecule has 1 aromatic carbocycles. The molecule has 0 aliphatic rings. The molecule has 11 heteroatoms. The first-order valence-corrected chi connectivity index (χ1v) is 20.8. The molecular weight excluding hydrogens is 680 g/mol. The van der Waals surface area contributed by atoms with E-state index in [-0.39, 0.29) is 12.6 Å². The van der Waals surface area contributed by atoms with Crippen molar-refractivity contribution in [3.05, 3.63) is 29.8 Å². The molecule has 0 aromatic heterocycles. The van der Waals surface area contributed by atoms with E-state index in [0.717, 1.165) is 25.0 Å². The highest BCUT2D eigenvalue weighted by atomic mass is 16.6. The van der Waals surface area contributed by atoms with Crippen LogP contribution in [0.3, 0.4) is 0 Å². The Morgan fingerprint density at radius 1 is 0.396 bits per heavy atom. The van der Waals surface area contributed by atoms with Gasteiger partial charge in [-0.05, 0) is 37.0 Å². The molecule has 0 saturated heterocycles. The summed E-state index contributed by atoms with van der Waals surface area (Å²) in [5.74, 6) is 0.746. The Kier molecular flexibility index (Phi) is 38.4. The van der Waals surface area contributed by atoms with Crippen molar-refractivity contribution in [2.45, 2.75) is 110 Å². The maximum absolute atomic E-state index is 11.7. The summed E-state index contributed by atoms with van der Waals surface area (Å²) in [5, 5.41) is 0. The predicted molar refractivity (Wildman–Crippen MR) is 209 cm³/mol. The number of rotatable bonds is 43. The van der Waals surface area contributed by atoms with Crippen molar-refractivity contribution in [2.24, 2.45) is 0 Å². The molecule has 0 bridgehead atoms. The molecule has 0 aliphatic heterocycles. The largest absolute Gasteiger partial charge is 0.491 e. The Morgan fingerprint density at radius 3 is 1.15 bits per heavy atom. The van der Waals surface area contributed by atoms with Crippen molar-refractivity contribution in [2.75, 3.05) is 119 Å². The Labute approximate surface area is 322 Å². The Bertz CT molecular complexity index is 871. The maximum Gasteiger partial charge on any atom is 0.305 e. The highest BCUT2D eigenvalue weighted by molar-refractivity contribution is 5.69. The minimum absolute atomic E-state index is 0.138. The van der Waals surface area contributed by atoms with E-state index in [0.29, 0.717) is 119 Å². The van der Waals surface area contributed by atoms with Gasteiger partial charge in [0.05, 0.1) is 106 Å². The minimum atomic E-state index is -0.138. The molecule has 53 heavy (non-hydrogen) atoms. The zero-order valence-corrected chi connectivity index (χ0v) is 33.6. The fraction of sp³-hybridized carbons (Fsp3) is 0.833. The second kappa shape index (κ2) is 41.3. The van der Waals surface area contributed by atoms with E-state index in [9.17, 15) is 4.79 Å². The third kappa shape index (κ3) is 36.9. The van der Waals surface area contributed by atoms with E-state index >= 15 is 0 Å². The van der Waals surface area contributed by atoms with Crippen LogP contribution < -0.4 is 4.74 Å². The van der Waals surface area contributed by atoms with Gasteiger partial charge in [0.15, 0.2) is 0 Å². The van der Waals surface area contributed by atoms with Crippen LogP contribution in [0, 0.1) is 0 Å². The minimum Gasteiger partial charge on any atom is -0.491 e. The normalized spacial score (nSPS) is 11.4. The van der Waals surface area contributed by atoms with E-state index in [1.165, 1.54) is 76.2 Å². The van der Waals surface area contributed by atoms with Gasteiger partial charge in [-0.1, -0.05) is 96.6 Å². The summed E-state index contributed by atoms with van der Waals surface area (Å²) in [5.41, 5.74) is 1.38. The fourth-order valence-corrected chi connectivity index (χ4v) is 5.23. The van der Waals surface area contributed by atoms with E-state index in [1.807, 2.05) is 0 Å². The standard InChI is InChI=1S/C42H76O11/c1-3-5-7-9-11-13-15-17-42(43)53-39-37-51-35-33-49-31-29-47-27-25-45-23-22-44-24-26-46-28-30-48-32-34-50-36-38-52-41-20-18-40(19-21-41)16-14-12-10-8-6-4-2/h18-21H,3-17,22-39H2,1-2H3. The van der Waals surface area contributed by atoms with Crippen molar-refractivity contribution >= 4 is 5.97 Å². The van der Waals surface area contributed by atoms with Crippen LogP contribution in [-0.2, 0) is 53.8 Å². The molecule has 0 radical (unpaired) electrons. The lowest BCUT2D eigenvalue weighted by Crippen LogP contribution is -2.15. The number of aryl methyl sites for hydroxylation is 1. The molecule has 0 fully saturated rings. The first-order chi connectivity index (χ1) is 26.3. The summed E-state index contributed by atoms with van der Waals surface area (Å²) in [6.07, 6.45) is 17.9. The summed E-state index contributed by atoms with van der Waals surface area (Å²) in [4.78, 5) is 11.7. The maximum atomic E-state index is 11.7. The average molecular weight is 757 g/mol. The average Bonchev–Trinajstić information content (AvgIpc) is 3.17. The summed E-state index contributed by atoms with van der Waals surface area (Å²) in [7, 11) is 0. The molecule has 11 nitrogen and oxygen atoms in total. The van der Waals surface area contributed by atoms with Crippen LogP contribution in [0.2, 0.25) is 0 Å². The predicted octanol–water partition coefficient (Wildman–Crippen LogP) is 7.79. The monoisotopic (exact) mass is 757 g/mol. The second-order valence-electron chi connectivity index (χ2n) is 13.0. The number of hydrogen-bond acceptors (Lipinski definition) is 11. The zero-order valence-electron chi connectivity index (χ0n) is 33.6. The van der Waals surface area contributed by atoms with Crippen LogP contribution in [0.4, 0.5) is 0 Å². The van der Waals surface area contributed by atoms with Crippen LogP contribution in [0.25, 0.3) is 0 Å². The van der Waals surface area contributed by atoms with Crippen molar-refractivity contribution in [1.82, 2.24) is 0 Å². The number of esters is 1. The topological polar surface area (TPSA) is 109 Å². The molecule has 0 saturated carbocycles. The van der Waals surface area contributed by atoms with Gasteiger partial charge < -0.3 is 47.4 Å². The molecule has 0 amide bonds. The van der Waals surface area contributed by atoms with Crippen molar-refractivity contribution in [1.29, 1.82) is 0 Å². The number of unbranched alkanes of at least 4 members (excludes halogenated alkanes) is 11. The number of carbonyl (C=O) groups excluding carboxylic acids is 1. The van der Waals surface area contributed by atoms with E-state index in [1.54, 1.807) is 0 Å². The van der Waals surface area contributed by atoms with Crippen LogP contribution in [0.15, 0.2) is 24.3 Å². The SMILES string of the molecule is CCCCCCCCCC(=O)OCCOCCOCCOCCOCCOCCOCCOCCOCCOc1ccc(CCCCCCCC)cc1. The number of hydrogen-bond donors (Lipinski definition) is 0. The highest BCUT2D eigenvalue weighted by Crippen LogP contribution is 2.15. The van der Waals surface area contributed by atoms with Crippen LogP contribution in [0.1, 0.15) is 109 Å². The van der Waals surface area contributed by atoms with Crippen molar-refractivity contribution in [3.63, 3.8) is 0 Å². The molecule has 0 spiro atoms. The molecule has 0 N–H and O–H groups in total. The Balaban J connectivity index is 1.69. The summed E-state index contributed by atoms with van der Waals surface area (Å²) in [6.45, 7) is 13.2. The van der Waals surface area contributed by atoms with E-state index in [4.69, 9.17) is 47.4 Å². The Morgan fingerprint density at radius 2 is 0.736 bits per heavy atom. The molecular formula is C42H76O11. The summed E-state index contributed by atoms with van der Waals surface area (Å²) < 4.78 is 55.1. The van der Waals surface area contributed by atoms with Gasteiger partial charge in [-0.2, -0.15) is 0 Å². The molecule has 310 valence electrons. The Hall–Kier alpha value is -1.83. The van der Waals surface area contributed by atoms with Gasteiger partial charge in [-0.25, -0.2) is 0 Å². The second-order valence-corrected chi connectivity index (χ2v) is 13.0. The molecule has 1 aromatic rings. The number of benzene rings is 1. The smallest absolute Gasteiger partial charge is 0.305 e. The van der Waals surface area contributed by atoms with Gasteiger partial charge in [0.25, 0.3) is 0 Å². The number of ether oxygens (including phenoxy) is 10. The highest BCUT2D eigenvalue weighted by Gasteiger charge is 2.03. The molecule has 0 heterocycles. The lowest BCUT2D eigenvalue weighted by atomic mass is 10.0. The summed E-state index contributed by atoms with van der Waals surface area (Å²) in [6, 6.07) is 8.43. The molecule has 0 aliphatic carbocycles. The quantitative estimate of drug-likeness (QED) is 0.0482. The van der Waals surface area contributed by atoms with Gasteiger partial charge in [-0.3, -0.25) is 4.79 Å². The van der Waals surface area contributed by atoms with Crippen LogP contribution in [-0.4, -0.2) is 125 Å². The third-order valence-corrected chi connectivity index (χ3v) is 8.32. The zero-order chi connectivity index (χ0) is 38.0. The first kappa shape index (κ1) is 49.2. The molecule has 1 rings (SSSR count). The van der Waals surface area contributed by atoms with Crippen molar-refractivity contribution in [3.8, 4) is 5.75 Å². The molecule has 0 unspecified atom stereocenters. The fourth-order valence-electron chi connectivity index (χ4n) is 5.23. The van der Waals surface area contributed by atoms with Gasteiger partial charge >= 0.3 is 5.97 Å². The number of carbonyl (C=O) groups is 1. The van der Waals surface area contributed by atoms with Crippen LogP contribution >= 0.6 is 0 Å². The van der Waals surface area contributed by atoms with Gasteiger partial charge in [-0.15, -0.1) is 0 Å². The van der Waals surface area contributed by atoms with Crippen LogP contribution in [0.5, 0.6) is 5.75 Å². The van der Waals surface area contributed by atoms with E-state index in [2.05, 4.69) is 38.1 Å². The third-order valence-electron chi connectivity index (χ3n) is 8.32. The summed E-state index contributed by atoms with van der Waals surface area (Å²) >= 11 is 0. The lowest BCUT2D eigenvalue weighted by molar-refractivity contribution is -0.145. The van der Waals surface area contributed by atoms with Gasteiger partial charge in [0, 0.05) is 6.42 Å². The van der Waals surface area contributed by atoms with Gasteiger partial charge in [0.2, 0.25) is 0 Å². The van der Waals surface area contributed by atoms with E-state index < -0.39 is 0 Å². The first-order valence-electron chi connectivity index (χ1n) is 20.8.